The van der Waals surface area contributed by atoms with E-state index >= 15 is 0 Å². The van der Waals surface area contributed by atoms with Gasteiger partial charge >= 0.3 is 0 Å². The normalized spacial score (nSPS) is 14.0. The maximum atomic E-state index is 4.78. The van der Waals surface area contributed by atoms with E-state index in [0.29, 0.717) is 0 Å². The Kier molecular flexibility index (Phi) is 5.74. The quantitative estimate of drug-likeness (QED) is 0.173. The number of hydrogen-bond acceptors (Lipinski definition) is 6. The van der Waals surface area contributed by atoms with Gasteiger partial charge in [0.15, 0.2) is 11.0 Å². The lowest BCUT2D eigenvalue weighted by atomic mass is 10.3. The van der Waals surface area contributed by atoms with Crippen LogP contribution in [0.25, 0.3) is 0 Å². The summed E-state index contributed by atoms with van der Waals surface area (Å²) in [5.74, 6) is 3.19. The number of rotatable bonds is 7. The van der Waals surface area contributed by atoms with Gasteiger partial charge < -0.3 is 4.90 Å². The van der Waals surface area contributed by atoms with E-state index in [1.54, 1.807) is 11.8 Å². The van der Waals surface area contributed by atoms with Crippen LogP contribution < -0.4 is 9.91 Å². The summed E-state index contributed by atoms with van der Waals surface area (Å²) in [4.78, 5) is 11.8. The topological polar surface area (TPSA) is 35.3 Å². The molecular weight excluding hydrogens is 385 g/mol. The van der Waals surface area contributed by atoms with Crippen molar-refractivity contribution in [3.05, 3.63) is 5.56 Å². The maximum Gasteiger partial charge on any atom is 0.191 e. The summed E-state index contributed by atoms with van der Waals surface area (Å²) in [5.41, 5.74) is 1.17. The molecule has 1 fully saturated rings. The zero-order valence-corrected chi connectivity index (χ0v) is 15.5. The fourth-order valence-corrected chi connectivity index (χ4v) is 3.23. The van der Waals surface area contributed by atoms with Crippen LogP contribution in [0, 0.1) is 6.92 Å². The Labute approximate surface area is 139 Å². The third-order valence-electron chi connectivity index (χ3n) is 3.13. The van der Waals surface area contributed by atoms with Crippen LogP contribution >= 0.6 is 34.6 Å². The van der Waals surface area contributed by atoms with E-state index in [2.05, 4.69) is 56.8 Å². The number of halogens is 1. The first-order valence-corrected chi connectivity index (χ1v) is 8.96. The van der Waals surface area contributed by atoms with E-state index < -0.39 is 0 Å². The van der Waals surface area contributed by atoms with E-state index in [4.69, 9.17) is 9.97 Å². The van der Waals surface area contributed by atoms with Crippen LogP contribution in [-0.2, 0) is 0 Å². The predicted octanol–water partition coefficient (Wildman–Crippen LogP) is 3.13. The van der Waals surface area contributed by atoms with Gasteiger partial charge in [0.25, 0.3) is 0 Å². The van der Waals surface area contributed by atoms with Gasteiger partial charge in [-0.25, -0.2) is 9.97 Å². The molecule has 2 rings (SSSR count). The highest BCUT2D eigenvalue weighted by Gasteiger charge is 2.26. The molecule has 1 aromatic rings. The van der Waals surface area contributed by atoms with Crippen LogP contribution in [0.15, 0.2) is 5.16 Å². The Morgan fingerprint density at radius 3 is 2.50 bits per heavy atom. The standard InChI is InChI=1S/C13H22IN5S/c1-5-9-20-13-15-11(18-7-8-18)10(3)12(16-13)19(6-2)17(4)14/h5-9H2,1-4H3. The summed E-state index contributed by atoms with van der Waals surface area (Å²) in [6.45, 7) is 9.58. The van der Waals surface area contributed by atoms with Gasteiger partial charge in [-0.1, -0.05) is 18.7 Å². The van der Waals surface area contributed by atoms with Gasteiger partial charge in [-0.3, -0.25) is 5.01 Å². The Hall–Kier alpha value is -0.280. The first-order valence-electron chi connectivity index (χ1n) is 7.01. The molecule has 0 aliphatic carbocycles. The molecule has 0 N–H and O–H groups in total. The van der Waals surface area contributed by atoms with E-state index in [-0.39, 0.29) is 0 Å². The molecule has 0 atom stereocenters. The molecule has 1 saturated heterocycles. The molecule has 112 valence electrons. The van der Waals surface area contributed by atoms with Gasteiger partial charge in [0.2, 0.25) is 0 Å². The minimum atomic E-state index is 0.894. The lowest BCUT2D eigenvalue weighted by molar-refractivity contribution is 0.546. The highest BCUT2D eigenvalue weighted by Crippen LogP contribution is 2.33. The van der Waals surface area contributed by atoms with Crippen LogP contribution in [0.1, 0.15) is 25.8 Å². The Morgan fingerprint density at radius 1 is 1.30 bits per heavy atom. The minimum Gasteiger partial charge on any atom is -0.353 e. The fraction of sp³-hybridized carbons (Fsp3) is 0.692. The molecule has 0 bridgehead atoms. The molecule has 2 heterocycles. The number of thioether (sulfide) groups is 1. The lowest BCUT2D eigenvalue weighted by Gasteiger charge is -2.29. The van der Waals surface area contributed by atoms with Crippen molar-refractivity contribution < 1.29 is 0 Å². The second-order valence-electron chi connectivity index (χ2n) is 4.77. The van der Waals surface area contributed by atoms with E-state index in [1.165, 1.54) is 5.56 Å². The van der Waals surface area contributed by atoms with Gasteiger partial charge in [-0.05, 0) is 20.3 Å². The fourth-order valence-electron chi connectivity index (χ4n) is 2.03. The molecule has 1 aliphatic rings. The minimum absolute atomic E-state index is 0.894. The Morgan fingerprint density at radius 2 is 2.00 bits per heavy atom. The predicted molar refractivity (Wildman–Crippen MR) is 94.8 cm³/mol. The zero-order chi connectivity index (χ0) is 14.7. The average molecular weight is 407 g/mol. The van der Waals surface area contributed by atoms with Crippen molar-refractivity contribution in [1.82, 2.24) is 13.2 Å². The molecule has 0 saturated carbocycles. The van der Waals surface area contributed by atoms with Crippen LogP contribution in [0.5, 0.6) is 0 Å². The smallest absolute Gasteiger partial charge is 0.191 e. The first-order chi connectivity index (χ1) is 9.58. The number of aromatic nitrogens is 2. The summed E-state index contributed by atoms with van der Waals surface area (Å²) in [6, 6.07) is 0. The van der Waals surface area contributed by atoms with E-state index in [0.717, 1.165) is 48.6 Å². The molecule has 20 heavy (non-hydrogen) atoms. The maximum absolute atomic E-state index is 4.78. The molecule has 0 aromatic carbocycles. The van der Waals surface area contributed by atoms with Crippen molar-refractivity contribution in [1.29, 1.82) is 0 Å². The third-order valence-corrected chi connectivity index (χ3v) is 4.71. The van der Waals surface area contributed by atoms with Crippen molar-refractivity contribution in [2.24, 2.45) is 0 Å². The van der Waals surface area contributed by atoms with E-state index in [1.807, 2.05) is 7.05 Å². The molecule has 0 unspecified atom stereocenters. The summed E-state index contributed by atoms with van der Waals surface area (Å²) in [5, 5.41) is 3.08. The van der Waals surface area contributed by atoms with Gasteiger partial charge in [0, 0.05) is 60.9 Å². The largest absolute Gasteiger partial charge is 0.353 e. The number of anilines is 2. The first kappa shape index (κ1) is 16.1. The molecule has 0 radical (unpaired) electrons. The van der Waals surface area contributed by atoms with Gasteiger partial charge in [0.1, 0.15) is 5.82 Å². The monoisotopic (exact) mass is 407 g/mol. The van der Waals surface area contributed by atoms with Gasteiger partial charge in [-0.15, -0.1) is 0 Å². The highest BCUT2D eigenvalue weighted by atomic mass is 127. The second-order valence-corrected chi connectivity index (χ2v) is 7.23. The molecule has 1 aromatic heterocycles. The lowest BCUT2D eigenvalue weighted by Crippen LogP contribution is -2.34. The molecule has 1 aliphatic heterocycles. The third kappa shape index (κ3) is 3.67. The molecule has 7 heteroatoms. The van der Waals surface area contributed by atoms with Crippen molar-refractivity contribution in [2.75, 3.05) is 42.3 Å². The molecule has 0 amide bonds. The Balaban J connectivity index is 2.39. The van der Waals surface area contributed by atoms with Crippen molar-refractivity contribution in [3.8, 4) is 0 Å². The summed E-state index contributed by atoms with van der Waals surface area (Å²) < 4.78 is 2.06. The molecule has 5 nitrogen and oxygen atoms in total. The summed E-state index contributed by atoms with van der Waals surface area (Å²) in [7, 11) is 2.04. The van der Waals surface area contributed by atoms with Crippen molar-refractivity contribution >= 4 is 46.3 Å². The van der Waals surface area contributed by atoms with Crippen molar-refractivity contribution in [3.63, 3.8) is 0 Å². The van der Waals surface area contributed by atoms with Crippen molar-refractivity contribution in [2.45, 2.75) is 32.3 Å². The summed E-state index contributed by atoms with van der Waals surface area (Å²) in [6.07, 6.45) is 1.14. The second kappa shape index (κ2) is 7.13. The number of nitrogens with zero attached hydrogens (tertiary/aromatic N) is 5. The van der Waals surface area contributed by atoms with Crippen LogP contribution in [0.3, 0.4) is 0 Å². The molecular formula is C13H22IN5S. The number of hydrogen-bond donors (Lipinski definition) is 0. The van der Waals surface area contributed by atoms with Crippen LogP contribution in [-0.4, -0.2) is 45.6 Å². The van der Waals surface area contributed by atoms with Crippen LogP contribution in [0.4, 0.5) is 11.6 Å². The average Bonchev–Trinajstić information content (AvgIpc) is 3.23. The zero-order valence-electron chi connectivity index (χ0n) is 12.6. The highest BCUT2D eigenvalue weighted by molar-refractivity contribution is 14.1. The van der Waals surface area contributed by atoms with E-state index in [9.17, 15) is 0 Å². The summed E-state index contributed by atoms with van der Waals surface area (Å²) >= 11 is 4.03. The van der Waals surface area contributed by atoms with Gasteiger partial charge in [-0.2, -0.15) is 3.22 Å². The SMILES string of the molecule is CCCSc1nc(N2CC2)c(C)c(N(CC)N(C)I)n1. The van der Waals surface area contributed by atoms with Crippen LogP contribution in [0.2, 0.25) is 0 Å². The molecule has 0 spiro atoms. The number of hydrazine groups is 1. The Bertz CT molecular complexity index is 464. The van der Waals surface area contributed by atoms with Gasteiger partial charge in [0.05, 0.1) is 0 Å².